The van der Waals surface area contributed by atoms with Crippen LogP contribution in [0.25, 0.3) is 5.57 Å². The molecule has 0 atom stereocenters. The first-order chi connectivity index (χ1) is 11.2. The molecule has 0 heterocycles. The van der Waals surface area contributed by atoms with Crippen LogP contribution in [0.2, 0.25) is 0 Å². The molecule has 2 aromatic carbocycles. The van der Waals surface area contributed by atoms with Gasteiger partial charge in [0.25, 0.3) is 5.92 Å². The fraction of sp³-hybridized carbons (Fsp3) is 0.286. The van der Waals surface area contributed by atoms with Gasteiger partial charge in [-0.1, -0.05) is 48.0 Å². The first-order valence-corrected chi connectivity index (χ1v) is 7.93. The lowest BCUT2D eigenvalue weighted by Gasteiger charge is -2.18. The molecule has 2 aromatic rings. The molecule has 0 unspecified atom stereocenters. The van der Waals surface area contributed by atoms with Crippen molar-refractivity contribution in [2.24, 2.45) is 0 Å². The normalized spacial score (nSPS) is 12.3. The molecule has 0 spiro atoms. The van der Waals surface area contributed by atoms with Crippen molar-refractivity contribution in [2.45, 2.75) is 40.0 Å². The van der Waals surface area contributed by atoms with Gasteiger partial charge >= 0.3 is 0 Å². The molecule has 0 amide bonds. The maximum absolute atomic E-state index is 14.0. The maximum Gasteiger partial charge on any atom is 0.271 e. The van der Waals surface area contributed by atoms with Crippen LogP contribution in [-0.2, 0) is 11.2 Å². The van der Waals surface area contributed by atoms with E-state index in [0.717, 1.165) is 29.7 Å². The van der Waals surface area contributed by atoms with E-state index in [9.17, 15) is 13.6 Å². The minimum absolute atomic E-state index is 0.224. The smallest absolute Gasteiger partial charge is 0.271 e. The molecular weight excluding hydrogens is 306 g/mol. The largest absolute Gasteiger partial charge is 0.295 e. The minimum atomic E-state index is -3.07. The van der Waals surface area contributed by atoms with Crippen LogP contribution < -0.4 is 0 Å². The average molecular weight is 328 g/mol. The monoisotopic (exact) mass is 328 g/mol. The highest BCUT2D eigenvalue weighted by Crippen LogP contribution is 2.34. The van der Waals surface area contributed by atoms with Crippen molar-refractivity contribution in [1.29, 1.82) is 0 Å². The molecule has 2 rings (SSSR count). The Kier molecular flexibility index (Phi) is 5.33. The van der Waals surface area contributed by atoms with Crippen molar-refractivity contribution >= 4 is 11.4 Å². The molecule has 24 heavy (non-hydrogen) atoms. The Bertz CT molecular complexity index is 765. The summed E-state index contributed by atoms with van der Waals surface area (Å²) in [4.78, 5) is 11.4. The summed E-state index contributed by atoms with van der Waals surface area (Å²) in [5, 5.41) is 0. The Hall–Kier alpha value is -2.29. The Morgan fingerprint density at radius 1 is 1.04 bits per heavy atom. The summed E-state index contributed by atoms with van der Waals surface area (Å²) < 4.78 is 28.0. The van der Waals surface area contributed by atoms with E-state index >= 15 is 0 Å². The second kappa shape index (κ2) is 7.08. The summed E-state index contributed by atoms with van der Waals surface area (Å²) in [6, 6.07) is 13.7. The molecule has 3 heteroatoms. The van der Waals surface area contributed by atoms with Crippen LogP contribution in [0.3, 0.4) is 0 Å². The number of alkyl halides is 2. The van der Waals surface area contributed by atoms with Crippen molar-refractivity contribution in [2.75, 3.05) is 0 Å². The van der Waals surface area contributed by atoms with E-state index in [4.69, 9.17) is 0 Å². The van der Waals surface area contributed by atoms with Crippen LogP contribution in [0.1, 0.15) is 41.7 Å². The van der Waals surface area contributed by atoms with Crippen molar-refractivity contribution in [1.82, 2.24) is 0 Å². The van der Waals surface area contributed by atoms with E-state index in [1.54, 1.807) is 13.0 Å². The summed E-state index contributed by atoms with van der Waals surface area (Å²) in [6.45, 7) is 5.92. The predicted molar refractivity (Wildman–Crippen MR) is 94.4 cm³/mol. The van der Waals surface area contributed by atoms with Gasteiger partial charge in [-0.05, 0) is 55.5 Å². The molecule has 0 aromatic heterocycles. The zero-order valence-electron chi connectivity index (χ0n) is 14.5. The molecule has 0 fully saturated rings. The van der Waals surface area contributed by atoms with Gasteiger partial charge in [0.15, 0.2) is 5.78 Å². The van der Waals surface area contributed by atoms with Crippen molar-refractivity contribution in [3.8, 4) is 0 Å². The number of benzene rings is 2. The molecule has 0 N–H and O–H groups in total. The van der Waals surface area contributed by atoms with Crippen molar-refractivity contribution < 1.29 is 13.6 Å². The van der Waals surface area contributed by atoms with Crippen LogP contribution >= 0.6 is 0 Å². The number of carbonyl (C=O) groups is 1. The van der Waals surface area contributed by atoms with Gasteiger partial charge in [0.05, 0.1) is 0 Å². The number of rotatable bonds is 5. The zero-order chi connectivity index (χ0) is 17.9. The fourth-order valence-electron chi connectivity index (χ4n) is 2.66. The fourth-order valence-corrected chi connectivity index (χ4v) is 2.66. The van der Waals surface area contributed by atoms with Crippen LogP contribution in [-0.4, -0.2) is 11.7 Å². The average Bonchev–Trinajstić information content (AvgIpc) is 2.48. The van der Waals surface area contributed by atoms with Gasteiger partial charge in [-0.15, -0.1) is 0 Å². The lowest BCUT2D eigenvalue weighted by Crippen LogP contribution is -2.15. The Balaban J connectivity index is 2.43. The molecule has 0 saturated heterocycles. The molecule has 0 aliphatic rings. The van der Waals surface area contributed by atoms with Gasteiger partial charge in [-0.2, -0.15) is 0 Å². The number of hydrogen-bond acceptors (Lipinski definition) is 1. The molecule has 1 nitrogen and oxygen atoms in total. The summed E-state index contributed by atoms with van der Waals surface area (Å²) in [5.41, 5.74) is 4.19. The summed E-state index contributed by atoms with van der Waals surface area (Å²) >= 11 is 0. The number of halogens is 2. The maximum atomic E-state index is 14.0. The summed E-state index contributed by atoms with van der Waals surface area (Å²) in [7, 11) is 0. The van der Waals surface area contributed by atoms with Gasteiger partial charge in [-0.25, -0.2) is 8.78 Å². The standard InChI is InChI=1S/C21H22F2O/c1-14-5-8-17(9-6-14)12-18-10-7-15(2)19(13-18)20(11-16(3)24)21(4,22)23/h5-11,13H,12H2,1-4H3/b20-11+. The van der Waals surface area contributed by atoms with Crippen LogP contribution in [0.5, 0.6) is 0 Å². The molecule has 0 radical (unpaired) electrons. The minimum Gasteiger partial charge on any atom is -0.295 e. The van der Waals surface area contributed by atoms with E-state index < -0.39 is 5.92 Å². The number of ketones is 1. The summed E-state index contributed by atoms with van der Waals surface area (Å²) in [6.07, 6.45) is 1.70. The number of hydrogen-bond donors (Lipinski definition) is 0. The topological polar surface area (TPSA) is 17.1 Å². The quantitative estimate of drug-likeness (QED) is 0.660. The zero-order valence-corrected chi connectivity index (χ0v) is 14.5. The number of carbonyl (C=O) groups excluding carboxylic acids is 1. The SMILES string of the molecule is CC(=O)/C=C(\c1cc(Cc2ccc(C)cc2)ccc1C)C(C)(F)F. The van der Waals surface area contributed by atoms with Gasteiger partial charge in [-0.3, -0.25) is 4.79 Å². The first kappa shape index (κ1) is 18.1. The van der Waals surface area contributed by atoms with Gasteiger partial charge < -0.3 is 0 Å². The van der Waals surface area contributed by atoms with E-state index in [1.165, 1.54) is 12.5 Å². The van der Waals surface area contributed by atoms with Crippen LogP contribution in [0.4, 0.5) is 8.78 Å². The second-order valence-electron chi connectivity index (χ2n) is 6.37. The van der Waals surface area contributed by atoms with Gasteiger partial charge in [0.2, 0.25) is 0 Å². The van der Waals surface area contributed by atoms with E-state index in [1.807, 2.05) is 43.3 Å². The second-order valence-corrected chi connectivity index (χ2v) is 6.37. The highest BCUT2D eigenvalue weighted by molar-refractivity contribution is 5.96. The number of allylic oxidation sites excluding steroid dienone is 2. The molecular formula is C21H22F2O. The third-order valence-electron chi connectivity index (χ3n) is 3.94. The van der Waals surface area contributed by atoms with Crippen molar-refractivity contribution in [3.63, 3.8) is 0 Å². The Labute approximate surface area is 142 Å². The van der Waals surface area contributed by atoms with Crippen molar-refractivity contribution in [3.05, 3.63) is 76.4 Å². The number of aryl methyl sites for hydroxylation is 2. The van der Waals surface area contributed by atoms with Crippen LogP contribution in [0.15, 0.2) is 48.5 Å². The lowest BCUT2D eigenvalue weighted by atomic mass is 9.92. The third-order valence-corrected chi connectivity index (χ3v) is 3.94. The summed E-state index contributed by atoms with van der Waals surface area (Å²) in [5.74, 6) is -3.45. The first-order valence-electron chi connectivity index (χ1n) is 7.93. The molecule has 126 valence electrons. The van der Waals surface area contributed by atoms with Gasteiger partial charge in [0.1, 0.15) is 0 Å². The third kappa shape index (κ3) is 4.60. The predicted octanol–water partition coefficient (Wildman–Crippen LogP) is 5.52. The molecule has 0 bridgehead atoms. The highest BCUT2D eigenvalue weighted by atomic mass is 19.3. The Morgan fingerprint density at radius 2 is 1.62 bits per heavy atom. The van der Waals surface area contributed by atoms with Gasteiger partial charge in [0, 0.05) is 12.5 Å². The van der Waals surface area contributed by atoms with E-state index in [2.05, 4.69) is 0 Å². The Morgan fingerprint density at radius 3 is 2.17 bits per heavy atom. The van der Waals surface area contributed by atoms with Crippen LogP contribution in [0, 0.1) is 13.8 Å². The molecule has 0 aliphatic carbocycles. The highest BCUT2D eigenvalue weighted by Gasteiger charge is 2.30. The molecule has 0 aliphatic heterocycles. The molecule has 0 saturated carbocycles. The lowest BCUT2D eigenvalue weighted by molar-refractivity contribution is -0.112. The van der Waals surface area contributed by atoms with E-state index in [-0.39, 0.29) is 11.4 Å². The van der Waals surface area contributed by atoms with E-state index in [0.29, 0.717) is 12.0 Å².